The van der Waals surface area contributed by atoms with Crippen LogP contribution in [0.15, 0.2) is 12.1 Å². The smallest absolute Gasteiger partial charge is 0.224 e. The highest BCUT2D eigenvalue weighted by Crippen LogP contribution is 2.41. The molecule has 4 heteroatoms. The molecule has 20 heavy (non-hydrogen) atoms. The van der Waals surface area contributed by atoms with Gasteiger partial charge in [0.15, 0.2) is 0 Å². The molecule has 2 aliphatic rings. The van der Waals surface area contributed by atoms with Gasteiger partial charge < -0.3 is 10.4 Å². The summed E-state index contributed by atoms with van der Waals surface area (Å²) in [5.41, 5.74) is 1.86. The van der Waals surface area contributed by atoms with Gasteiger partial charge in [-0.1, -0.05) is 19.8 Å². The molecule has 1 aliphatic heterocycles. The zero-order chi connectivity index (χ0) is 14.3. The molecule has 3 nitrogen and oxygen atoms in total. The predicted molar refractivity (Wildman–Crippen MR) is 74.8 cm³/mol. The van der Waals surface area contributed by atoms with Crippen molar-refractivity contribution in [3.8, 4) is 0 Å². The molecule has 0 spiro atoms. The lowest BCUT2D eigenvalue weighted by atomic mass is 9.86. The second-order valence-electron chi connectivity index (χ2n) is 6.10. The summed E-state index contributed by atoms with van der Waals surface area (Å²) in [4.78, 5) is 11.3. The van der Waals surface area contributed by atoms with Crippen molar-refractivity contribution in [3.63, 3.8) is 0 Å². The van der Waals surface area contributed by atoms with Crippen molar-refractivity contribution in [2.24, 2.45) is 11.8 Å². The highest BCUT2D eigenvalue weighted by Gasteiger charge is 2.32. The fourth-order valence-corrected chi connectivity index (χ4v) is 3.52. The lowest BCUT2D eigenvalue weighted by molar-refractivity contribution is -0.116. The van der Waals surface area contributed by atoms with Crippen LogP contribution in [0.3, 0.4) is 0 Å². The molecule has 0 aromatic heterocycles. The van der Waals surface area contributed by atoms with E-state index in [1.807, 2.05) is 0 Å². The number of aliphatic hydroxyl groups is 1. The van der Waals surface area contributed by atoms with Crippen molar-refractivity contribution in [1.29, 1.82) is 0 Å². The Morgan fingerprint density at radius 3 is 2.85 bits per heavy atom. The van der Waals surface area contributed by atoms with E-state index < -0.39 is 11.9 Å². The average molecular weight is 277 g/mol. The van der Waals surface area contributed by atoms with Gasteiger partial charge in [0, 0.05) is 17.7 Å². The average Bonchev–Trinajstić information content (AvgIpc) is 2.83. The summed E-state index contributed by atoms with van der Waals surface area (Å²) < 4.78 is 14.2. The predicted octanol–water partition coefficient (Wildman–Crippen LogP) is 3.18. The van der Waals surface area contributed by atoms with Crippen LogP contribution in [-0.2, 0) is 11.2 Å². The summed E-state index contributed by atoms with van der Waals surface area (Å²) in [6.45, 7) is 2.12. The normalized spacial score (nSPS) is 27.1. The van der Waals surface area contributed by atoms with E-state index >= 15 is 0 Å². The van der Waals surface area contributed by atoms with Gasteiger partial charge in [-0.15, -0.1) is 0 Å². The zero-order valence-electron chi connectivity index (χ0n) is 11.7. The van der Waals surface area contributed by atoms with E-state index in [0.29, 0.717) is 30.0 Å². The standard InChI is InChI=1S/C16H20FNO2/c1-9-3-2-4-11(9)16(20)12-7-10-5-6-15(19)18-14(10)8-13(12)17/h7-9,11,16,20H,2-6H2,1H3,(H,18,19). The number of fused-ring (bicyclic) bond motifs is 1. The molecule has 3 atom stereocenters. The molecule has 1 heterocycles. The zero-order valence-corrected chi connectivity index (χ0v) is 11.7. The highest BCUT2D eigenvalue weighted by molar-refractivity contribution is 5.93. The first-order valence-corrected chi connectivity index (χ1v) is 7.36. The number of halogens is 1. The molecule has 0 saturated heterocycles. The number of aliphatic hydroxyl groups excluding tert-OH is 1. The lowest BCUT2D eigenvalue weighted by Gasteiger charge is -2.25. The second kappa shape index (κ2) is 5.17. The maximum atomic E-state index is 14.2. The first-order chi connectivity index (χ1) is 9.56. The van der Waals surface area contributed by atoms with E-state index in [4.69, 9.17) is 0 Å². The third-order valence-electron chi connectivity index (χ3n) is 4.77. The molecule has 2 N–H and O–H groups in total. The van der Waals surface area contributed by atoms with Crippen LogP contribution in [0.5, 0.6) is 0 Å². The van der Waals surface area contributed by atoms with Gasteiger partial charge in [0.05, 0.1) is 6.10 Å². The van der Waals surface area contributed by atoms with Crippen LogP contribution >= 0.6 is 0 Å². The molecule has 1 aliphatic carbocycles. The molecular weight excluding hydrogens is 257 g/mol. The largest absolute Gasteiger partial charge is 0.388 e. The quantitative estimate of drug-likeness (QED) is 0.872. The molecule has 1 fully saturated rings. The number of nitrogens with one attached hydrogen (secondary N) is 1. The minimum absolute atomic E-state index is 0.0744. The van der Waals surface area contributed by atoms with E-state index in [0.717, 1.165) is 24.8 Å². The number of aryl methyl sites for hydroxylation is 1. The van der Waals surface area contributed by atoms with E-state index in [1.165, 1.54) is 6.07 Å². The molecule has 3 rings (SSSR count). The number of hydrogen-bond donors (Lipinski definition) is 2. The Morgan fingerprint density at radius 2 is 2.15 bits per heavy atom. The lowest BCUT2D eigenvalue weighted by Crippen LogP contribution is -2.21. The second-order valence-corrected chi connectivity index (χ2v) is 6.10. The Hall–Kier alpha value is -1.42. The number of anilines is 1. The van der Waals surface area contributed by atoms with Crippen molar-refractivity contribution in [3.05, 3.63) is 29.1 Å². The van der Waals surface area contributed by atoms with Crippen molar-refractivity contribution in [2.45, 2.75) is 45.1 Å². The molecule has 1 aromatic carbocycles. The van der Waals surface area contributed by atoms with Gasteiger partial charge in [0.1, 0.15) is 5.82 Å². The summed E-state index contributed by atoms with van der Waals surface area (Å²) >= 11 is 0. The van der Waals surface area contributed by atoms with Crippen LogP contribution < -0.4 is 5.32 Å². The maximum absolute atomic E-state index is 14.2. The Labute approximate surface area is 118 Å². The first kappa shape index (κ1) is 13.6. The molecule has 1 amide bonds. The van der Waals surface area contributed by atoms with Gasteiger partial charge in [0.25, 0.3) is 0 Å². The van der Waals surface area contributed by atoms with Gasteiger partial charge in [-0.3, -0.25) is 4.79 Å². The van der Waals surface area contributed by atoms with Crippen LogP contribution in [0, 0.1) is 17.7 Å². The van der Waals surface area contributed by atoms with E-state index in [-0.39, 0.29) is 11.8 Å². The summed E-state index contributed by atoms with van der Waals surface area (Å²) in [6, 6.07) is 3.09. The minimum atomic E-state index is -0.740. The molecule has 108 valence electrons. The van der Waals surface area contributed by atoms with Gasteiger partial charge in [-0.25, -0.2) is 4.39 Å². The van der Waals surface area contributed by atoms with Crippen LogP contribution in [0.1, 0.15) is 49.8 Å². The van der Waals surface area contributed by atoms with Crippen LogP contribution in [0.25, 0.3) is 0 Å². The molecule has 3 unspecified atom stereocenters. The van der Waals surface area contributed by atoms with E-state index in [9.17, 15) is 14.3 Å². The number of benzene rings is 1. The van der Waals surface area contributed by atoms with Crippen LogP contribution in [0.2, 0.25) is 0 Å². The number of amides is 1. The molecule has 1 saturated carbocycles. The summed E-state index contributed by atoms with van der Waals surface area (Å²) in [6.07, 6.45) is 3.45. The number of carbonyl (C=O) groups is 1. The van der Waals surface area contributed by atoms with Gasteiger partial charge >= 0.3 is 0 Å². The van der Waals surface area contributed by atoms with Gasteiger partial charge in [-0.2, -0.15) is 0 Å². The number of hydrogen-bond acceptors (Lipinski definition) is 2. The number of rotatable bonds is 2. The maximum Gasteiger partial charge on any atom is 0.224 e. The Balaban J connectivity index is 1.92. The molecule has 0 radical (unpaired) electrons. The Morgan fingerprint density at radius 1 is 1.35 bits per heavy atom. The highest BCUT2D eigenvalue weighted by atomic mass is 19.1. The fraction of sp³-hybridized carbons (Fsp3) is 0.562. The van der Waals surface area contributed by atoms with Gasteiger partial charge in [0.2, 0.25) is 5.91 Å². The third-order valence-corrected chi connectivity index (χ3v) is 4.77. The van der Waals surface area contributed by atoms with Crippen LogP contribution in [0.4, 0.5) is 10.1 Å². The van der Waals surface area contributed by atoms with Crippen LogP contribution in [-0.4, -0.2) is 11.0 Å². The summed E-state index contributed by atoms with van der Waals surface area (Å²) in [5.74, 6) is 0.0769. The van der Waals surface area contributed by atoms with Crippen molar-refractivity contribution < 1.29 is 14.3 Å². The van der Waals surface area contributed by atoms with E-state index in [1.54, 1.807) is 6.07 Å². The van der Waals surface area contributed by atoms with Crippen molar-refractivity contribution in [2.75, 3.05) is 5.32 Å². The van der Waals surface area contributed by atoms with Crippen molar-refractivity contribution >= 4 is 11.6 Å². The third kappa shape index (κ3) is 2.33. The fourth-order valence-electron chi connectivity index (χ4n) is 3.52. The SMILES string of the molecule is CC1CCCC1C(O)c1cc2c(cc1F)NC(=O)CC2. The topological polar surface area (TPSA) is 49.3 Å². The van der Waals surface area contributed by atoms with E-state index in [2.05, 4.69) is 12.2 Å². The molecule has 1 aromatic rings. The number of carbonyl (C=O) groups excluding carboxylic acids is 1. The molecular formula is C16H20FNO2. The summed E-state index contributed by atoms with van der Waals surface area (Å²) in [5, 5.41) is 13.2. The molecule has 0 bridgehead atoms. The summed E-state index contributed by atoms with van der Waals surface area (Å²) in [7, 11) is 0. The minimum Gasteiger partial charge on any atom is -0.388 e. The monoisotopic (exact) mass is 277 g/mol. The first-order valence-electron chi connectivity index (χ1n) is 7.36. The Bertz CT molecular complexity index is 544. The van der Waals surface area contributed by atoms with Crippen molar-refractivity contribution in [1.82, 2.24) is 0 Å². The Kier molecular flexibility index (Phi) is 3.50. The van der Waals surface area contributed by atoms with Gasteiger partial charge in [-0.05, 0) is 42.4 Å².